The normalized spacial score (nSPS) is 24.2. The minimum absolute atomic E-state index is 0.382. The Hall–Kier alpha value is -0.600. The summed E-state index contributed by atoms with van der Waals surface area (Å²) < 4.78 is 5.45. The van der Waals surface area contributed by atoms with E-state index in [1.165, 1.54) is 37.7 Å². The third-order valence-corrected chi connectivity index (χ3v) is 3.77. The van der Waals surface area contributed by atoms with Gasteiger partial charge in [-0.2, -0.15) is 0 Å². The summed E-state index contributed by atoms with van der Waals surface area (Å²) in [5, 5.41) is 3.44. The van der Waals surface area contributed by atoms with E-state index >= 15 is 0 Å². The highest BCUT2D eigenvalue weighted by molar-refractivity contribution is 5.23. The number of rotatable bonds is 4. The molecule has 0 spiro atoms. The van der Waals surface area contributed by atoms with Crippen LogP contribution in [0, 0.1) is 5.41 Å². The zero-order chi connectivity index (χ0) is 11.3. The molecule has 1 N–H and O–H groups in total. The molecule has 2 rings (SSSR count). The van der Waals surface area contributed by atoms with Crippen molar-refractivity contribution in [3.63, 3.8) is 0 Å². The molecule has 2 nitrogen and oxygen atoms in total. The van der Waals surface area contributed by atoms with E-state index in [0.29, 0.717) is 5.41 Å². The lowest BCUT2D eigenvalue weighted by molar-refractivity contribution is 0.0545. The maximum atomic E-state index is 5.45. The number of ether oxygens (including phenoxy) is 1. The van der Waals surface area contributed by atoms with Crippen LogP contribution >= 0.6 is 0 Å². The summed E-state index contributed by atoms with van der Waals surface area (Å²) in [5.74, 6) is 0. The van der Waals surface area contributed by atoms with E-state index in [9.17, 15) is 0 Å². The van der Waals surface area contributed by atoms with Crippen LogP contribution in [0.15, 0.2) is 23.8 Å². The van der Waals surface area contributed by atoms with Crippen molar-refractivity contribution in [1.82, 2.24) is 5.32 Å². The lowest BCUT2D eigenvalue weighted by Crippen LogP contribution is -2.39. The van der Waals surface area contributed by atoms with Crippen molar-refractivity contribution in [3.05, 3.63) is 23.8 Å². The maximum Gasteiger partial charge on any atom is 0.0522 e. The minimum Gasteiger partial charge on any atom is -0.384 e. The van der Waals surface area contributed by atoms with Crippen molar-refractivity contribution in [3.8, 4) is 0 Å². The van der Waals surface area contributed by atoms with E-state index in [1.54, 1.807) is 0 Å². The highest BCUT2D eigenvalue weighted by Gasteiger charge is 2.32. The number of piperidine rings is 1. The second-order valence-electron chi connectivity index (χ2n) is 5.12. The first-order chi connectivity index (χ1) is 7.85. The van der Waals surface area contributed by atoms with Crippen LogP contribution in [0.2, 0.25) is 0 Å². The highest BCUT2D eigenvalue weighted by Crippen LogP contribution is 2.37. The Bertz CT molecular complexity index is 269. The van der Waals surface area contributed by atoms with E-state index in [2.05, 4.69) is 23.5 Å². The molecule has 0 aromatic rings. The SMILES string of the molecule is COCC1(CC2=CCCC=C2)CCNCC1. The van der Waals surface area contributed by atoms with Gasteiger partial charge < -0.3 is 10.1 Å². The van der Waals surface area contributed by atoms with Gasteiger partial charge in [0, 0.05) is 12.5 Å². The molecule has 2 heteroatoms. The lowest BCUT2D eigenvalue weighted by atomic mass is 9.74. The molecule has 0 saturated carbocycles. The van der Waals surface area contributed by atoms with Crippen LogP contribution in [0.4, 0.5) is 0 Å². The highest BCUT2D eigenvalue weighted by atomic mass is 16.5. The molecule has 0 aromatic heterocycles. The van der Waals surface area contributed by atoms with Crippen LogP contribution in [0.3, 0.4) is 0 Å². The van der Waals surface area contributed by atoms with Crippen LogP contribution in [0.25, 0.3) is 0 Å². The van der Waals surface area contributed by atoms with Gasteiger partial charge in [-0.1, -0.05) is 23.8 Å². The van der Waals surface area contributed by atoms with Gasteiger partial charge in [0.2, 0.25) is 0 Å². The fourth-order valence-corrected chi connectivity index (χ4v) is 2.87. The molecule has 2 aliphatic rings. The lowest BCUT2D eigenvalue weighted by Gasteiger charge is -2.37. The zero-order valence-corrected chi connectivity index (χ0v) is 10.3. The smallest absolute Gasteiger partial charge is 0.0522 e. The fraction of sp³-hybridized carbons (Fsp3) is 0.714. The molecule has 1 fully saturated rings. The largest absolute Gasteiger partial charge is 0.384 e. The maximum absolute atomic E-state index is 5.45. The van der Waals surface area contributed by atoms with E-state index in [1.807, 2.05) is 7.11 Å². The number of hydrogen-bond acceptors (Lipinski definition) is 2. The summed E-state index contributed by atoms with van der Waals surface area (Å²) in [5.41, 5.74) is 1.90. The van der Waals surface area contributed by atoms with E-state index in [4.69, 9.17) is 4.74 Å². The van der Waals surface area contributed by atoms with E-state index in [0.717, 1.165) is 19.7 Å². The Balaban J connectivity index is 2.00. The second-order valence-corrected chi connectivity index (χ2v) is 5.12. The summed E-state index contributed by atoms with van der Waals surface area (Å²) in [6.45, 7) is 3.18. The molecular formula is C14H23NO. The predicted octanol–water partition coefficient (Wildman–Crippen LogP) is 2.67. The molecule has 0 unspecified atom stereocenters. The van der Waals surface area contributed by atoms with Crippen molar-refractivity contribution in [1.29, 1.82) is 0 Å². The van der Waals surface area contributed by atoms with Gasteiger partial charge in [0.25, 0.3) is 0 Å². The van der Waals surface area contributed by atoms with Crippen LogP contribution in [0.5, 0.6) is 0 Å². The summed E-state index contributed by atoms with van der Waals surface area (Å²) >= 11 is 0. The fourth-order valence-electron chi connectivity index (χ4n) is 2.87. The summed E-state index contributed by atoms with van der Waals surface area (Å²) in [6.07, 6.45) is 13.1. The first-order valence-electron chi connectivity index (χ1n) is 6.40. The molecule has 0 aromatic carbocycles. The van der Waals surface area contributed by atoms with Crippen LogP contribution in [-0.4, -0.2) is 26.8 Å². The average Bonchev–Trinajstić information content (AvgIpc) is 2.31. The topological polar surface area (TPSA) is 21.3 Å². The third kappa shape index (κ3) is 2.96. The van der Waals surface area contributed by atoms with Gasteiger partial charge in [0.15, 0.2) is 0 Å². The standard InChI is InChI=1S/C14H23NO/c1-16-12-14(7-9-15-10-8-14)11-13-5-3-2-4-6-13/h3,5-6,15H,2,4,7-12H2,1H3. The monoisotopic (exact) mass is 221 g/mol. The van der Waals surface area contributed by atoms with Crippen molar-refractivity contribution in [2.24, 2.45) is 5.41 Å². The first-order valence-corrected chi connectivity index (χ1v) is 6.40. The van der Waals surface area contributed by atoms with Crippen LogP contribution in [-0.2, 0) is 4.74 Å². The van der Waals surface area contributed by atoms with Gasteiger partial charge in [-0.25, -0.2) is 0 Å². The molecule has 1 aliphatic heterocycles. The Morgan fingerprint density at radius 2 is 2.12 bits per heavy atom. The number of methoxy groups -OCH3 is 1. The van der Waals surface area contributed by atoms with Gasteiger partial charge in [0.05, 0.1) is 6.61 Å². The average molecular weight is 221 g/mol. The second kappa shape index (κ2) is 5.65. The summed E-state index contributed by atoms with van der Waals surface area (Å²) in [6, 6.07) is 0. The molecule has 0 amide bonds. The molecule has 0 atom stereocenters. The molecule has 16 heavy (non-hydrogen) atoms. The summed E-state index contributed by atoms with van der Waals surface area (Å²) in [4.78, 5) is 0. The number of nitrogens with one attached hydrogen (secondary N) is 1. The van der Waals surface area contributed by atoms with Gasteiger partial charge in [-0.05, 0) is 45.2 Å². The Morgan fingerprint density at radius 1 is 1.31 bits per heavy atom. The molecule has 0 radical (unpaired) electrons. The van der Waals surface area contributed by atoms with Crippen molar-refractivity contribution >= 4 is 0 Å². The molecular weight excluding hydrogens is 198 g/mol. The van der Waals surface area contributed by atoms with Crippen molar-refractivity contribution < 1.29 is 4.74 Å². The minimum atomic E-state index is 0.382. The molecule has 90 valence electrons. The molecule has 1 aliphatic carbocycles. The number of allylic oxidation sites excluding steroid dienone is 4. The Morgan fingerprint density at radius 3 is 2.75 bits per heavy atom. The van der Waals surface area contributed by atoms with Gasteiger partial charge in [0.1, 0.15) is 0 Å². The quantitative estimate of drug-likeness (QED) is 0.788. The van der Waals surface area contributed by atoms with Crippen molar-refractivity contribution in [2.45, 2.75) is 32.1 Å². The van der Waals surface area contributed by atoms with E-state index in [-0.39, 0.29) is 0 Å². The predicted molar refractivity (Wildman–Crippen MR) is 67.5 cm³/mol. The van der Waals surface area contributed by atoms with Crippen molar-refractivity contribution in [2.75, 3.05) is 26.8 Å². The Kier molecular flexibility index (Phi) is 4.19. The van der Waals surface area contributed by atoms with Gasteiger partial charge in [-0.3, -0.25) is 0 Å². The number of hydrogen-bond donors (Lipinski definition) is 1. The summed E-state index contributed by atoms with van der Waals surface area (Å²) in [7, 11) is 1.83. The molecule has 0 bridgehead atoms. The van der Waals surface area contributed by atoms with Gasteiger partial charge in [-0.15, -0.1) is 0 Å². The zero-order valence-electron chi connectivity index (χ0n) is 10.3. The van der Waals surface area contributed by atoms with E-state index < -0.39 is 0 Å². The first kappa shape index (κ1) is 11.9. The molecule has 1 heterocycles. The third-order valence-electron chi connectivity index (χ3n) is 3.77. The Labute approximate surface area is 98.8 Å². The van der Waals surface area contributed by atoms with Crippen LogP contribution < -0.4 is 5.32 Å². The van der Waals surface area contributed by atoms with Crippen LogP contribution in [0.1, 0.15) is 32.1 Å². The molecule has 1 saturated heterocycles. The van der Waals surface area contributed by atoms with Gasteiger partial charge >= 0.3 is 0 Å².